The van der Waals surface area contributed by atoms with Gasteiger partial charge in [0.2, 0.25) is 0 Å². The maximum Gasteiger partial charge on any atom is 0.266 e. The highest BCUT2D eigenvalue weighted by atomic mass is 16.3. The van der Waals surface area contributed by atoms with Crippen LogP contribution in [0.3, 0.4) is 0 Å². The number of para-hydroxylation sites is 1. The summed E-state index contributed by atoms with van der Waals surface area (Å²) in [6.07, 6.45) is 3.70. The number of aromatic nitrogens is 2. The van der Waals surface area contributed by atoms with Crippen molar-refractivity contribution in [2.45, 2.75) is 6.92 Å². The van der Waals surface area contributed by atoms with Crippen LogP contribution in [-0.4, -0.2) is 14.7 Å². The predicted molar refractivity (Wildman–Crippen MR) is 142 cm³/mol. The number of hydrogen-bond acceptors (Lipinski definition) is 3. The lowest BCUT2D eigenvalue weighted by atomic mass is 10.1. The summed E-state index contributed by atoms with van der Waals surface area (Å²) in [5, 5.41) is 10.1. The molecule has 1 N–H and O–H groups in total. The molecule has 0 saturated heterocycles. The molecule has 0 aliphatic carbocycles. The summed E-state index contributed by atoms with van der Waals surface area (Å²) in [4.78, 5) is 18.4. The van der Waals surface area contributed by atoms with E-state index in [2.05, 4.69) is 11.8 Å². The normalized spacial score (nSPS) is 10.9. The predicted octanol–water partition coefficient (Wildman–Crippen LogP) is 5.97. The van der Waals surface area contributed by atoms with Gasteiger partial charge in [0, 0.05) is 11.1 Å². The lowest BCUT2D eigenvalue weighted by molar-refractivity contribution is 0.475. The molecule has 0 aliphatic rings. The van der Waals surface area contributed by atoms with Crippen LogP contribution in [0.1, 0.15) is 28.1 Å². The molecule has 5 rings (SSSR count). The van der Waals surface area contributed by atoms with E-state index in [9.17, 15) is 9.90 Å². The van der Waals surface area contributed by atoms with Crippen molar-refractivity contribution >= 4 is 23.1 Å². The number of phenolic OH excluding ortho intramolecular Hbond substituents is 1. The largest absolute Gasteiger partial charge is 0.508 e. The van der Waals surface area contributed by atoms with Crippen LogP contribution in [0.15, 0.2) is 102 Å². The van der Waals surface area contributed by atoms with Crippen molar-refractivity contribution in [3.8, 4) is 23.3 Å². The van der Waals surface area contributed by atoms with Gasteiger partial charge in [0.1, 0.15) is 11.6 Å². The fourth-order valence-corrected chi connectivity index (χ4v) is 3.90. The molecule has 168 valence electrons. The first-order chi connectivity index (χ1) is 17.1. The zero-order valence-corrected chi connectivity index (χ0v) is 19.1. The third-order valence-electron chi connectivity index (χ3n) is 5.68. The Morgan fingerprint density at radius 2 is 1.51 bits per heavy atom. The quantitative estimate of drug-likeness (QED) is 0.342. The Bertz CT molecular complexity index is 1670. The van der Waals surface area contributed by atoms with Crippen LogP contribution in [0.2, 0.25) is 0 Å². The molecular formula is C31H22N2O2. The van der Waals surface area contributed by atoms with Crippen molar-refractivity contribution in [2.24, 2.45) is 0 Å². The summed E-state index contributed by atoms with van der Waals surface area (Å²) in [5.74, 6) is 7.10. The fourth-order valence-electron chi connectivity index (χ4n) is 3.90. The summed E-state index contributed by atoms with van der Waals surface area (Å²) in [6.45, 7) is 1.97. The Morgan fingerprint density at radius 1 is 0.800 bits per heavy atom. The molecular weight excluding hydrogens is 432 g/mol. The van der Waals surface area contributed by atoms with Crippen LogP contribution in [0.4, 0.5) is 0 Å². The minimum Gasteiger partial charge on any atom is -0.508 e. The molecule has 35 heavy (non-hydrogen) atoms. The van der Waals surface area contributed by atoms with Gasteiger partial charge in [0.15, 0.2) is 0 Å². The molecule has 4 aromatic carbocycles. The van der Waals surface area contributed by atoms with Crippen LogP contribution in [0, 0.1) is 18.8 Å². The molecule has 4 heteroatoms. The van der Waals surface area contributed by atoms with Gasteiger partial charge in [0.05, 0.1) is 16.6 Å². The molecule has 0 atom stereocenters. The molecule has 4 nitrogen and oxygen atoms in total. The van der Waals surface area contributed by atoms with E-state index in [0.717, 1.165) is 27.9 Å². The highest BCUT2D eigenvalue weighted by molar-refractivity contribution is 5.80. The summed E-state index contributed by atoms with van der Waals surface area (Å²) in [5.41, 5.74) is 4.89. The first-order valence-corrected chi connectivity index (χ1v) is 11.3. The second kappa shape index (κ2) is 9.54. The van der Waals surface area contributed by atoms with Crippen LogP contribution >= 0.6 is 0 Å². The van der Waals surface area contributed by atoms with E-state index < -0.39 is 0 Å². The van der Waals surface area contributed by atoms with Crippen molar-refractivity contribution in [1.82, 2.24) is 9.55 Å². The molecule has 0 bridgehead atoms. The molecule has 0 unspecified atom stereocenters. The van der Waals surface area contributed by atoms with Gasteiger partial charge in [-0.1, -0.05) is 60.4 Å². The molecule has 0 radical (unpaired) electrons. The Kier molecular flexibility index (Phi) is 5.98. The SMILES string of the molecule is Cc1cc(C#Cc2ccccc2)ccc1-n1c(/C=C/c2ccc(O)cc2)nc2ccccc2c1=O. The second-order valence-corrected chi connectivity index (χ2v) is 8.17. The first-order valence-electron chi connectivity index (χ1n) is 11.3. The number of phenols is 1. The second-order valence-electron chi connectivity index (χ2n) is 8.17. The molecule has 0 aliphatic heterocycles. The molecule has 0 spiro atoms. The van der Waals surface area contributed by atoms with E-state index in [1.54, 1.807) is 34.9 Å². The summed E-state index contributed by atoms with van der Waals surface area (Å²) in [7, 11) is 0. The highest BCUT2D eigenvalue weighted by Gasteiger charge is 2.13. The van der Waals surface area contributed by atoms with Crippen molar-refractivity contribution in [3.05, 3.63) is 135 Å². The molecule has 1 heterocycles. The van der Waals surface area contributed by atoms with Crippen molar-refractivity contribution in [3.63, 3.8) is 0 Å². The molecule has 1 aromatic heterocycles. The van der Waals surface area contributed by atoms with Gasteiger partial charge in [-0.3, -0.25) is 9.36 Å². The summed E-state index contributed by atoms with van der Waals surface area (Å²) >= 11 is 0. The number of aryl methyl sites for hydroxylation is 1. The zero-order chi connectivity index (χ0) is 24.2. The van der Waals surface area contributed by atoms with Gasteiger partial charge in [-0.05, 0) is 78.7 Å². The maximum atomic E-state index is 13.6. The van der Waals surface area contributed by atoms with E-state index in [4.69, 9.17) is 4.98 Å². The summed E-state index contributed by atoms with van der Waals surface area (Å²) < 4.78 is 1.64. The van der Waals surface area contributed by atoms with Gasteiger partial charge in [-0.2, -0.15) is 0 Å². The highest BCUT2D eigenvalue weighted by Crippen LogP contribution is 2.20. The van der Waals surface area contributed by atoms with E-state index in [1.165, 1.54) is 0 Å². The number of hydrogen-bond donors (Lipinski definition) is 1. The molecule has 0 saturated carbocycles. The van der Waals surface area contributed by atoms with Gasteiger partial charge in [-0.25, -0.2) is 4.98 Å². The lowest BCUT2D eigenvalue weighted by Crippen LogP contribution is -2.23. The molecule has 0 amide bonds. The van der Waals surface area contributed by atoms with Crippen LogP contribution in [-0.2, 0) is 0 Å². The molecule has 0 fully saturated rings. The topological polar surface area (TPSA) is 55.1 Å². The minimum absolute atomic E-state index is 0.132. The van der Waals surface area contributed by atoms with Crippen LogP contribution in [0.25, 0.3) is 28.7 Å². The number of fused-ring (bicyclic) bond motifs is 1. The maximum absolute atomic E-state index is 13.6. The van der Waals surface area contributed by atoms with Crippen molar-refractivity contribution in [1.29, 1.82) is 0 Å². The third kappa shape index (κ3) is 4.75. The number of benzene rings is 4. The Labute approximate surface area is 203 Å². The van der Waals surface area contributed by atoms with E-state index in [-0.39, 0.29) is 11.3 Å². The first kappa shape index (κ1) is 21.9. The smallest absolute Gasteiger partial charge is 0.266 e. The minimum atomic E-state index is -0.132. The molecule has 5 aromatic rings. The fraction of sp³-hybridized carbons (Fsp3) is 0.0323. The Hall–Kier alpha value is -4.88. The number of aromatic hydroxyl groups is 1. The number of rotatable bonds is 3. The monoisotopic (exact) mass is 454 g/mol. The average molecular weight is 455 g/mol. The van der Waals surface area contributed by atoms with Gasteiger partial charge < -0.3 is 5.11 Å². The van der Waals surface area contributed by atoms with Gasteiger partial charge in [0.25, 0.3) is 5.56 Å². The Balaban J connectivity index is 1.61. The van der Waals surface area contributed by atoms with Gasteiger partial charge >= 0.3 is 0 Å². The summed E-state index contributed by atoms with van der Waals surface area (Å²) in [6, 6.07) is 29.9. The average Bonchev–Trinajstić information content (AvgIpc) is 2.88. The zero-order valence-electron chi connectivity index (χ0n) is 19.1. The third-order valence-corrected chi connectivity index (χ3v) is 5.68. The van der Waals surface area contributed by atoms with E-state index >= 15 is 0 Å². The van der Waals surface area contributed by atoms with Crippen molar-refractivity contribution < 1.29 is 5.11 Å². The lowest BCUT2D eigenvalue weighted by Gasteiger charge is -2.14. The van der Waals surface area contributed by atoms with Crippen molar-refractivity contribution in [2.75, 3.05) is 0 Å². The van der Waals surface area contributed by atoms with Gasteiger partial charge in [-0.15, -0.1) is 0 Å². The Morgan fingerprint density at radius 3 is 2.29 bits per heavy atom. The number of nitrogens with zero attached hydrogens (tertiary/aromatic N) is 2. The van der Waals surface area contributed by atoms with Crippen LogP contribution < -0.4 is 5.56 Å². The van der Waals surface area contributed by atoms with Crippen LogP contribution in [0.5, 0.6) is 5.75 Å². The van der Waals surface area contributed by atoms with E-state index in [0.29, 0.717) is 16.7 Å². The standard InChI is InChI=1S/C31H22N2O2/c1-22-21-25(12-11-23-7-3-2-4-8-23)15-19-29(22)33-30(20-16-24-13-17-26(34)18-14-24)32-28-10-6-5-9-27(28)31(33)35/h2-10,13-21,34H,1H3/b20-16+. The van der Waals surface area contributed by atoms with E-state index in [1.807, 2.05) is 85.8 Å².